The summed E-state index contributed by atoms with van der Waals surface area (Å²) in [7, 11) is 3.18. The molecule has 1 aromatic rings. The normalized spacial score (nSPS) is 22.8. The van der Waals surface area contributed by atoms with Gasteiger partial charge in [0.25, 0.3) is 0 Å². The first-order valence-electron chi connectivity index (χ1n) is 5.48. The molecule has 1 aliphatic rings. The van der Waals surface area contributed by atoms with Crippen LogP contribution >= 0.6 is 11.8 Å². The first-order valence-corrected chi connectivity index (χ1v) is 6.53. The maximum Gasteiger partial charge on any atom is 0.321 e. The van der Waals surface area contributed by atoms with Crippen molar-refractivity contribution in [2.24, 2.45) is 0 Å². The Bertz CT molecular complexity index is 452. The molecule has 0 radical (unpaired) electrons. The molecule has 5 nitrogen and oxygen atoms in total. The number of rotatable bonds is 4. The molecule has 18 heavy (non-hydrogen) atoms. The van der Waals surface area contributed by atoms with Gasteiger partial charge in [0.2, 0.25) is 0 Å². The second kappa shape index (κ2) is 5.49. The second-order valence-electron chi connectivity index (χ2n) is 3.88. The van der Waals surface area contributed by atoms with Crippen LogP contribution in [0, 0.1) is 0 Å². The van der Waals surface area contributed by atoms with Gasteiger partial charge in [-0.05, 0) is 12.1 Å². The highest BCUT2D eigenvalue weighted by atomic mass is 32.2. The van der Waals surface area contributed by atoms with Crippen molar-refractivity contribution < 1.29 is 19.4 Å². The Morgan fingerprint density at radius 3 is 2.78 bits per heavy atom. The van der Waals surface area contributed by atoms with Crippen LogP contribution in [-0.4, -0.2) is 37.1 Å². The van der Waals surface area contributed by atoms with Crippen LogP contribution in [-0.2, 0) is 4.79 Å². The van der Waals surface area contributed by atoms with E-state index in [0.29, 0.717) is 17.3 Å². The van der Waals surface area contributed by atoms with Crippen molar-refractivity contribution in [3.05, 3.63) is 23.8 Å². The number of ether oxygens (including phenoxy) is 2. The number of methoxy groups -OCH3 is 2. The topological polar surface area (TPSA) is 67.8 Å². The first-order chi connectivity index (χ1) is 8.65. The zero-order valence-electron chi connectivity index (χ0n) is 10.2. The van der Waals surface area contributed by atoms with Crippen molar-refractivity contribution in [1.82, 2.24) is 5.32 Å². The van der Waals surface area contributed by atoms with Gasteiger partial charge in [0.15, 0.2) is 0 Å². The number of aliphatic carboxylic acids is 1. The molecule has 1 saturated heterocycles. The number of benzene rings is 1. The van der Waals surface area contributed by atoms with E-state index >= 15 is 0 Å². The van der Waals surface area contributed by atoms with Gasteiger partial charge < -0.3 is 14.6 Å². The van der Waals surface area contributed by atoms with E-state index in [1.165, 1.54) is 0 Å². The van der Waals surface area contributed by atoms with Gasteiger partial charge in [-0.2, -0.15) is 0 Å². The summed E-state index contributed by atoms with van der Waals surface area (Å²) in [5, 5.41) is 12.0. The molecule has 1 heterocycles. The largest absolute Gasteiger partial charge is 0.497 e. The number of carbonyl (C=O) groups is 1. The molecule has 0 aliphatic carbocycles. The fraction of sp³-hybridized carbons (Fsp3) is 0.417. The highest BCUT2D eigenvalue weighted by molar-refractivity contribution is 7.99. The summed E-state index contributed by atoms with van der Waals surface area (Å²) in [6.45, 7) is 0. The predicted molar refractivity (Wildman–Crippen MR) is 69.3 cm³/mol. The van der Waals surface area contributed by atoms with Gasteiger partial charge >= 0.3 is 5.97 Å². The first kappa shape index (κ1) is 13.0. The van der Waals surface area contributed by atoms with Crippen LogP contribution in [0.25, 0.3) is 0 Å². The van der Waals surface area contributed by atoms with Crippen molar-refractivity contribution >= 4 is 17.7 Å². The number of hydrogen-bond donors (Lipinski definition) is 2. The van der Waals surface area contributed by atoms with Crippen molar-refractivity contribution in [2.45, 2.75) is 11.4 Å². The summed E-state index contributed by atoms with van der Waals surface area (Å²) in [6.07, 6.45) is 0. The average Bonchev–Trinajstić information content (AvgIpc) is 2.87. The Morgan fingerprint density at radius 2 is 2.22 bits per heavy atom. The number of carboxylic acid groups (broad SMARTS) is 1. The zero-order valence-corrected chi connectivity index (χ0v) is 11.0. The molecule has 0 saturated carbocycles. The molecule has 1 aromatic carbocycles. The Hall–Kier alpha value is -1.40. The molecule has 0 bridgehead atoms. The van der Waals surface area contributed by atoms with Gasteiger partial charge in [0.05, 0.1) is 19.6 Å². The van der Waals surface area contributed by atoms with Gasteiger partial charge in [-0.3, -0.25) is 10.1 Å². The van der Waals surface area contributed by atoms with E-state index < -0.39 is 12.0 Å². The monoisotopic (exact) mass is 269 g/mol. The molecule has 1 unspecified atom stereocenters. The summed E-state index contributed by atoms with van der Waals surface area (Å²) in [5.41, 5.74) is 0.937. The summed E-state index contributed by atoms with van der Waals surface area (Å²) < 4.78 is 10.4. The quantitative estimate of drug-likeness (QED) is 0.863. The summed E-state index contributed by atoms with van der Waals surface area (Å²) in [6, 6.07) is 5.03. The maximum absolute atomic E-state index is 10.9. The molecule has 98 valence electrons. The lowest BCUT2D eigenvalue weighted by molar-refractivity contribution is -0.138. The second-order valence-corrected chi connectivity index (χ2v) is 5.02. The summed E-state index contributed by atoms with van der Waals surface area (Å²) in [5.74, 6) is 1.14. The number of carboxylic acids is 1. The van der Waals surface area contributed by atoms with Crippen molar-refractivity contribution in [3.8, 4) is 11.5 Å². The van der Waals surface area contributed by atoms with E-state index in [4.69, 9.17) is 14.6 Å². The lowest BCUT2D eigenvalue weighted by atomic mass is 10.1. The Morgan fingerprint density at radius 1 is 1.44 bits per heavy atom. The van der Waals surface area contributed by atoms with Crippen LogP contribution in [0.5, 0.6) is 11.5 Å². The highest BCUT2D eigenvalue weighted by Gasteiger charge is 2.31. The molecule has 1 aliphatic heterocycles. The third-order valence-electron chi connectivity index (χ3n) is 2.80. The van der Waals surface area contributed by atoms with Gasteiger partial charge in [-0.15, -0.1) is 11.8 Å². The highest BCUT2D eigenvalue weighted by Crippen LogP contribution is 2.39. The van der Waals surface area contributed by atoms with Gasteiger partial charge in [-0.1, -0.05) is 0 Å². The van der Waals surface area contributed by atoms with Crippen molar-refractivity contribution in [3.63, 3.8) is 0 Å². The van der Waals surface area contributed by atoms with Gasteiger partial charge in [0, 0.05) is 17.4 Å². The average molecular weight is 269 g/mol. The predicted octanol–water partition coefficient (Wildman–Crippen LogP) is 1.49. The third kappa shape index (κ3) is 2.54. The molecular weight excluding hydrogens is 254 g/mol. The van der Waals surface area contributed by atoms with Crippen molar-refractivity contribution in [1.29, 1.82) is 0 Å². The van der Waals surface area contributed by atoms with Crippen LogP contribution in [0.3, 0.4) is 0 Å². The van der Waals surface area contributed by atoms with Crippen LogP contribution in [0.1, 0.15) is 10.9 Å². The van der Waals surface area contributed by atoms with Crippen LogP contribution in [0.15, 0.2) is 18.2 Å². The fourth-order valence-corrected chi connectivity index (χ4v) is 3.09. The minimum absolute atomic E-state index is 0.0630. The lowest BCUT2D eigenvalue weighted by Gasteiger charge is -2.16. The fourth-order valence-electron chi connectivity index (χ4n) is 1.83. The third-order valence-corrected chi connectivity index (χ3v) is 4.05. The number of hydrogen-bond acceptors (Lipinski definition) is 5. The molecule has 0 spiro atoms. The minimum atomic E-state index is -0.822. The van der Waals surface area contributed by atoms with Crippen molar-refractivity contribution in [2.75, 3.05) is 20.0 Å². The molecule has 1 fully saturated rings. The Labute approximate surface area is 109 Å². The standard InChI is InChI=1S/C12H15NO4S/c1-16-7-3-4-8(10(5-7)17-2)11-13-9(6-18-11)12(14)15/h3-5,9,11,13H,6H2,1-2H3,(H,14,15)/t9-,11?/m1/s1. The van der Waals surface area contributed by atoms with Gasteiger partial charge in [-0.25, -0.2) is 0 Å². The van der Waals surface area contributed by atoms with E-state index in [1.54, 1.807) is 32.0 Å². The molecule has 2 atom stereocenters. The molecule has 0 aromatic heterocycles. The van der Waals surface area contributed by atoms with E-state index in [-0.39, 0.29) is 5.37 Å². The van der Waals surface area contributed by atoms with Crippen LogP contribution in [0.2, 0.25) is 0 Å². The molecule has 2 N–H and O–H groups in total. The molecule has 6 heteroatoms. The smallest absolute Gasteiger partial charge is 0.321 e. The molecule has 2 rings (SSSR count). The van der Waals surface area contributed by atoms with Crippen LogP contribution in [0.4, 0.5) is 0 Å². The Balaban J connectivity index is 2.21. The minimum Gasteiger partial charge on any atom is -0.497 e. The van der Waals surface area contributed by atoms with E-state index in [9.17, 15) is 4.79 Å². The SMILES string of the molecule is COc1ccc(C2N[C@@H](C(=O)O)CS2)c(OC)c1. The summed E-state index contributed by atoms with van der Waals surface area (Å²) >= 11 is 1.56. The maximum atomic E-state index is 10.9. The molecule has 0 amide bonds. The van der Waals surface area contributed by atoms with E-state index in [0.717, 1.165) is 5.56 Å². The zero-order chi connectivity index (χ0) is 13.1. The lowest BCUT2D eigenvalue weighted by Crippen LogP contribution is -2.33. The number of thioether (sulfide) groups is 1. The van der Waals surface area contributed by atoms with Gasteiger partial charge in [0.1, 0.15) is 17.5 Å². The van der Waals surface area contributed by atoms with E-state index in [1.807, 2.05) is 12.1 Å². The number of nitrogens with one attached hydrogen (secondary N) is 1. The summed E-state index contributed by atoms with van der Waals surface area (Å²) in [4.78, 5) is 10.9. The Kier molecular flexibility index (Phi) is 3.98. The van der Waals surface area contributed by atoms with E-state index in [2.05, 4.69) is 5.32 Å². The van der Waals surface area contributed by atoms with Crippen LogP contribution < -0.4 is 14.8 Å². The molecular formula is C12H15NO4S.